The number of phenols is 1. The fourth-order valence-corrected chi connectivity index (χ4v) is 1.76. The standard InChI is InChI=1S/C13H15NO3/c1-14-13(16)5-2-9-6-10-7-11(15)3-4-12(10)17-8-9/h3-4,6-7,15H,2,5,8H2,1H3,(H,14,16). The Bertz CT molecular complexity index is 466. The van der Waals surface area contributed by atoms with Crippen molar-refractivity contribution >= 4 is 12.0 Å². The number of nitrogens with one attached hydrogen (secondary N) is 1. The second-order valence-electron chi connectivity index (χ2n) is 3.99. The molecule has 0 saturated carbocycles. The van der Waals surface area contributed by atoms with E-state index in [-0.39, 0.29) is 11.7 Å². The Hall–Kier alpha value is -1.97. The van der Waals surface area contributed by atoms with Gasteiger partial charge >= 0.3 is 0 Å². The molecule has 90 valence electrons. The zero-order valence-electron chi connectivity index (χ0n) is 9.69. The molecule has 1 amide bonds. The molecule has 0 unspecified atom stereocenters. The molecule has 1 aliphatic rings. The number of ether oxygens (including phenoxy) is 1. The van der Waals surface area contributed by atoms with Crippen molar-refractivity contribution in [3.8, 4) is 11.5 Å². The van der Waals surface area contributed by atoms with Gasteiger partial charge in [-0.1, -0.05) is 0 Å². The highest BCUT2D eigenvalue weighted by Crippen LogP contribution is 2.30. The molecular weight excluding hydrogens is 218 g/mol. The first-order valence-corrected chi connectivity index (χ1v) is 5.55. The Morgan fingerprint density at radius 2 is 2.35 bits per heavy atom. The SMILES string of the molecule is CNC(=O)CCC1=Cc2cc(O)ccc2OC1. The molecule has 1 aliphatic heterocycles. The predicted octanol–water partition coefficient (Wildman–Crippen LogP) is 1.69. The van der Waals surface area contributed by atoms with Gasteiger partial charge in [0.25, 0.3) is 0 Å². The Morgan fingerprint density at radius 3 is 3.12 bits per heavy atom. The highest BCUT2D eigenvalue weighted by atomic mass is 16.5. The third-order valence-electron chi connectivity index (χ3n) is 2.72. The predicted molar refractivity (Wildman–Crippen MR) is 64.9 cm³/mol. The lowest BCUT2D eigenvalue weighted by atomic mass is 10.0. The van der Waals surface area contributed by atoms with E-state index in [2.05, 4.69) is 5.32 Å². The first-order valence-electron chi connectivity index (χ1n) is 5.55. The summed E-state index contributed by atoms with van der Waals surface area (Å²) >= 11 is 0. The Kier molecular flexibility index (Phi) is 3.32. The maximum absolute atomic E-state index is 11.1. The lowest BCUT2D eigenvalue weighted by molar-refractivity contribution is -0.120. The van der Waals surface area contributed by atoms with Crippen LogP contribution in [0.2, 0.25) is 0 Å². The minimum absolute atomic E-state index is 0.0209. The highest BCUT2D eigenvalue weighted by molar-refractivity contribution is 5.76. The lowest BCUT2D eigenvalue weighted by Gasteiger charge is -2.17. The van der Waals surface area contributed by atoms with E-state index in [1.165, 1.54) is 0 Å². The summed E-state index contributed by atoms with van der Waals surface area (Å²) in [6.45, 7) is 0.509. The molecular formula is C13H15NO3. The van der Waals surface area contributed by atoms with Crippen molar-refractivity contribution in [1.29, 1.82) is 0 Å². The van der Waals surface area contributed by atoms with E-state index in [1.54, 1.807) is 25.2 Å². The monoisotopic (exact) mass is 233 g/mol. The molecule has 0 radical (unpaired) electrons. The molecule has 1 heterocycles. The van der Waals surface area contributed by atoms with Gasteiger partial charge in [0.15, 0.2) is 0 Å². The second-order valence-corrected chi connectivity index (χ2v) is 3.99. The van der Waals surface area contributed by atoms with Crippen LogP contribution in [-0.4, -0.2) is 24.7 Å². The van der Waals surface area contributed by atoms with Crippen LogP contribution < -0.4 is 10.1 Å². The maximum atomic E-state index is 11.1. The normalized spacial score (nSPS) is 13.4. The average molecular weight is 233 g/mol. The van der Waals surface area contributed by atoms with E-state index in [1.807, 2.05) is 6.08 Å². The number of amides is 1. The van der Waals surface area contributed by atoms with Gasteiger partial charge in [0.1, 0.15) is 18.1 Å². The van der Waals surface area contributed by atoms with Crippen molar-refractivity contribution in [1.82, 2.24) is 5.32 Å². The van der Waals surface area contributed by atoms with Crippen molar-refractivity contribution in [2.45, 2.75) is 12.8 Å². The molecule has 0 fully saturated rings. The largest absolute Gasteiger partial charge is 0.508 e. The molecule has 2 N–H and O–H groups in total. The van der Waals surface area contributed by atoms with Gasteiger partial charge in [-0.3, -0.25) is 4.79 Å². The van der Waals surface area contributed by atoms with Crippen LogP contribution >= 0.6 is 0 Å². The van der Waals surface area contributed by atoms with E-state index < -0.39 is 0 Å². The molecule has 4 heteroatoms. The van der Waals surface area contributed by atoms with Crippen LogP contribution in [0, 0.1) is 0 Å². The summed E-state index contributed by atoms with van der Waals surface area (Å²) in [5, 5.41) is 12.0. The van der Waals surface area contributed by atoms with Crippen LogP contribution in [-0.2, 0) is 4.79 Å². The van der Waals surface area contributed by atoms with Crippen molar-refractivity contribution in [2.75, 3.05) is 13.7 Å². The van der Waals surface area contributed by atoms with E-state index in [4.69, 9.17) is 4.74 Å². The highest BCUT2D eigenvalue weighted by Gasteiger charge is 2.12. The molecule has 0 spiro atoms. The number of rotatable bonds is 3. The quantitative estimate of drug-likeness (QED) is 0.835. The van der Waals surface area contributed by atoms with Gasteiger partial charge in [-0.25, -0.2) is 0 Å². The first-order chi connectivity index (χ1) is 8.19. The summed E-state index contributed by atoms with van der Waals surface area (Å²) in [6, 6.07) is 5.01. The van der Waals surface area contributed by atoms with Crippen LogP contribution in [0.1, 0.15) is 18.4 Å². The summed E-state index contributed by atoms with van der Waals surface area (Å²) < 4.78 is 5.55. The number of fused-ring (bicyclic) bond motifs is 1. The van der Waals surface area contributed by atoms with Crippen molar-refractivity contribution in [2.24, 2.45) is 0 Å². The Labute approximate surface area is 99.9 Å². The van der Waals surface area contributed by atoms with Crippen LogP contribution in [0.4, 0.5) is 0 Å². The number of carbonyl (C=O) groups is 1. The topological polar surface area (TPSA) is 58.6 Å². The molecule has 4 nitrogen and oxygen atoms in total. The van der Waals surface area contributed by atoms with Gasteiger partial charge in [-0.05, 0) is 36.3 Å². The van der Waals surface area contributed by atoms with Gasteiger partial charge in [0.05, 0.1) is 0 Å². The molecule has 1 aromatic rings. The molecule has 0 aromatic heterocycles. The summed E-state index contributed by atoms with van der Waals surface area (Å²) in [7, 11) is 1.63. The summed E-state index contributed by atoms with van der Waals surface area (Å²) in [5.74, 6) is 1.01. The fraction of sp³-hybridized carbons (Fsp3) is 0.308. The average Bonchev–Trinajstić information content (AvgIpc) is 2.35. The van der Waals surface area contributed by atoms with Crippen LogP contribution in [0.15, 0.2) is 23.8 Å². The Morgan fingerprint density at radius 1 is 1.53 bits per heavy atom. The van der Waals surface area contributed by atoms with Crippen LogP contribution in [0.5, 0.6) is 11.5 Å². The van der Waals surface area contributed by atoms with Crippen molar-refractivity contribution < 1.29 is 14.6 Å². The molecule has 0 saturated heterocycles. The van der Waals surface area contributed by atoms with Gasteiger partial charge in [-0.15, -0.1) is 0 Å². The minimum Gasteiger partial charge on any atom is -0.508 e. The third-order valence-corrected chi connectivity index (χ3v) is 2.72. The number of hydrogen-bond donors (Lipinski definition) is 2. The second kappa shape index (κ2) is 4.91. The number of benzene rings is 1. The lowest BCUT2D eigenvalue weighted by Crippen LogP contribution is -2.18. The third kappa shape index (κ3) is 2.78. The zero-order chi connectivity index (χ0) is 12.3. The van der Waals surface area contributed by atoms with Crippen molar-refractivity contribution in [3.05, 3.63) is 29.3 Å². The maximum Gasteiger partial charge on any atom is 0.220 e. The number of carbonyl (C=O) groups excluding carboxylic acids is 1. The number of aromatic hydroxyl groups is 1. The zero-order valence-corrected chi connectivity index (χ0v) is 9.69. The molecule has 0 bridgehead atoms. The van der Waals surface area contributed by atoms with Crippen molar-refractivity contribution in [3.63, 3.8) is 0 Å². The van der Waals surface area contributed by atoms with E-state index in [0.29, 0.717) is 19.4 Å². The van der Waals surface area contributed by atoms with E-state index in [0.717, 1.165) is 16.9 Å². The molecule has 1 aromatic carbocycles. The first kappa shape index (κ1) is 11.5. The molecule has 17 heavy (non-hydrogen) atoms. The molecule has 0 aliphatic carbocycles. The van der Waals surface area contributed by atoms with Gasteiger partial charge < -0.3 is 15.2 Å². The van der Waals surface area contributed by atoms with Gasteiger partial charge in [0, 0.05) is 19.0 Å². The summed E-state index contributed by atoms with van der Waals surface area (Å²) in [5.41, 5.74) is 1.93. The van der Waals surface area contributed by atoms with Crippen LogP contribution in [0.3, 0.4) is 0 Å². The summed E-state index contributed by atoms with van der Waals surface area (Å²) in [6.07, 6.45) is 3.11. The minimum atomic E-state index is 0.0209. The smallest absolute Gasteiger partial charge is 0.220 e. The summed E-state index contributed by atoms with van der Waals surface area (Å²) in [4.78, 5) is 11.1. The van der Waals surface area contributed by atoms with Gasteiger partial charge in [-0.2, -0.15) is 0 Å². The Balaban J connectivity index is 2.09. The molecule has 0 atom stereocenters. The fourth-order valence-electron chi connectivity index (χ4n) is 1.76. The molecule has 2 rings (SSSR count). The van der Waals surface area contributed by atoms with E-state index in [9.17, 15) is 9.90 Å². The number of phenolic OH excluding ortho intramolecular Hbond substituents is 1. The van der Waals surface area contributed by atoms with E-state index >= 15 is 0 Å². The number of hydrogen-bond acceptors (Lipinski definition) is 3. The van der Waals surface area contributed by atoms with Gasteiger partial charge in [0.2, 0.25) is 5.91 Å². The van der Waals surface area contributed by atoms with Crippen LogP contribution in [0.25, 0.3) is 6.08 Å².